The van der Waals surface area contributed by atoms with Gasteiger partial charge in [0, 0.05) is 26.7 Å². The van der Waals surface area contributed by atoms with Crippen LogP contribution in [0.1, 0.15) is 32.1 Å². The van der Waals surface area contributed by atoms with Crippen molar-refractivity contribution < 1.29 is 17.9 Å². The van der Waals surface area contributed by atoms with E-state index in [0.29, 0.717) is 19.0 Å². The maximum atomic E-state index is 12.4. The predicted molar refractivity (Wildman–Crippen MR) is 88.2 cm³/mol. The highest BCUT2D eigenvalue weighted by atomic mass is 19.4. The summed E-state index contributed by atoms with van der Waals surface area (Å²) in [6.45, 7) is 2.68. The molecule has 2 fully saturated rings. The number of nitrogens with one attached hydrogen (secondary N) is 2. The van der Waals surface area contributed by atoms with Crippen LogP contribution in [0.15, 0.2) is 4.99 Å². The van der Waals surface area contributed by atoms with Gasteiger partial charge in [0.1, 0.15) is 0 Å². The molecular formula is C16H29F3N4O. The van der Waals surface area contributed by atoms with E-state index in [1.807, 2.05) is 0 Å². The van der Waals surface area contributed by atoms with E-state index in [1.54, 1.807) is 7.05 Å². The van der Waals surface area contributed by atoms with Crippen LogP contribution in [-0.2, 0) is 4.74 Å². The van der Waals surface area contributed by atoms with Crippen LogP contribution in [0, 0.1) is 5.92 Å². The number of aliphatic imine (C=N–C) groups is 1. The normalized spacial score (nSPS) is 24.3. The van der Waals surface area contributed by atoms with Crippen LogP contribution >= 0.6 is 0 Å². The molecule has 8 heteroatoms. The first kappa shape index (κ1) is 19.3. The number of guanidine groups is 1. The van der Waals surface area contributed by atoms with Crippen LogP contribution in [0.3, 0.4) is 0 Å². The third-order valence-electron chi connectivity index (χ3n) is 4.70. The average Bonchev–Trinajstić information content (AvgIpc) is 3.04. The minimum absolute atomic E-state index is 0.265. The van der Waals surface area contributed by atoms with Crippen molar-refractivity contribution in [2.75, 3.05) is 46.4 Å². The van der Waals surface area contributed by atoms with Crippen molar-refractivity contribution in [3.8, 4) is 0 Å². The summed E-state index contributed by atoms with van der Waals surface area (Å²) >= 11 is 0. The van der Waals surface area contributed by atoms with E-state index in [2.05, 4.69) is 15.6 Å². The summed E-state index contributed by atoms with van der Waals surface area (Å²) in [5.74, 6) is 1.25. The largest absolute Gasteiger partial charge is 0.401 e. The standard InChI is InChI=1S/C16H29F3N4O/c1-20-15(22-11-14-3-2-10-24-14)21-7-4-13-5-8-23(9-6-13)12-16(17,18)19/h13-14H,2-12H2,1H3,(H2,20,21,22). The summed E-state index contributed by atoms with van der Waals surface area (Å²) in [4.78, 5) is 5.70. The minimum atomic E-state index is -4.09. The number of rotatable bonds is 6. The molecule has 2 heterocycles. The van der Waals surface area contributed by atoms with Crippen molar-refractivity contribution >= 4 is 5.96 Å². The molecule has 1 unspecified atom stereocenters. The fourth-order valence-corrected chi connectivity index (χ4v) is 3.32. The molecule has 0 aromatic rings. The van der Waals surface area contributed by atoms with Gasteiger partial charge in [-0.2, -0.15) is 13.2 Å². The first-order valence-electron chi connectivity index (χ1n) is 8.81. The topological polar surface area (TPSA) is 48.9 Å². The van der Waals surface area contributed by atoms with Crippen LogP contribution in [0.4, 0.5) is 13.2 Å². The molecule has 0 amide bonds. The molecule has 0 spiro atoms. The van der Waals surface area contributed by atoms with Gasteiger partial charge in [-0.15, -0.1) is 0 Å². The minimum Gasteiger partial charge on any atom is -0.376 e. The van der Waals surface area contributed by atoms with Crippen molar-refractivity contribution in [1.82, 2.24) is 15.5 Å². The van der Waals surface area contributed by atoms with Crippen LogP contribution in [0.5, 0.6) is 0 Å². The van der Waals surface area contributed by atoms with E-state index in [9.17, 15) is 13.2 Å². The summed E-state index contributed by atoms with van der Waals surface area (Å²) in [6, 6.07) is 0. The highest BCUT2D eigenvalue weighted by Gasteiger charge is 2.32. The van der Waals surface area contributed by atoms with Crippen LogP contribution in [-0.4, -0.2) is 69.5 Å². The molecule has 0 radical (unpaired) electrons. The molecule has 2 N–H and O–H groups in total. The molecule has 1 atom stereocenters. The Morgan fingerprint density at radius 3 is 2.54 bits per heavy atom. The number of alkyl halides is 3. The summed E-state index contributed by atoms with van der Waals surface area (Å²) in [7, 11) is 1.74. The highest BCUT2D eigenvalue weighted by Crippen LogP contribution is 2.23. The fraction of sp³-hybridized carbons (Fsp3) is 0.938. The summed E-state index contributed by atoms with van der Waals surface area (Å²) in [5, 5.41) is 6.54. The van der Waals surface area contributed by atoms with Crippen molar-refractivity contribution in [3.63, 3.8) is 0 Å². The van der Waals surface area contributed by atoms with Gasteiger partial charge in [-0.3, -0.25) is 9.89 Å². The molecule has 2 aliphatic rings. The monoisotopic (exact) mass is 350 g/mol. The Hall–Kier alpha value is -1.02. The van der Waals surface area contributed by atoms with E-state index in [4.69, 9.17) is 4.74 Å². The molecule has 0 saturated carbocycles. The number of halogens is 3. The Morgan fingerprint density at radius 1 is 1.21 bits per heavy atom. The Bertz CT molecular complexity index is 389. The second-order valence-corrected chi connectivity index (χ2v) is 6.64. The molecular weight excluding hydrogens is 321 g/mol. The SMILES string of the molecule is CN=C(NCCC1CCN(CC(F)(F)F)CC1)NCC1CCCO1. The zero-order valence-corrected chi connectivity index (χ0v) is 14.4. The zero-order valence-electron chi connectivity index (χ0n) is 14.4. The van der Waals surface area contributed by atoms with Crippen molar-refractivity contribution in [1.29, 1.82) is 0 Å². The Balaban J connectivity index is 1.56. The predicted octanol–water partition coefficient (Wildman–Crippen LogP) is 1.99. The zero-order chi connectivity index (χ0) is 17.4. The van der Waals surface area contributed by atoms with E-state index >= 15 is 0 Å². The first-order chi connectivity index (χ1) is 11.5. The molecule has 2 saturated heterocycles. The number of ether oxygens (including phenoxy) is 1. The Morgan fingerprint density at radius 2 is 1.96 bits per heavy atom. The Labute approximate surface area is 142 Å². The second kappa shape index (κ2) is 9.46. The van der Waals surface area contributed by atoms with Gasteiger partial charge in [0.25, 0.3) is 0 Å². The van der Waals surface area contributed by atoms with Gasteiger partial charge < -0.3 is 15.4 Å². The van der Waals surface area contributed by atoms with Crippen molar-refractivity contribution in [2.45, 2.75) is 44.4 Å². The number of hydrogen-bond donors (Lipinski definition) is 2. The van der Waals surface area contributed by atoms with E-state index in [-0.39, 0.29) is 6.10 Å². The van der Waals surface area contributed by atoms with Crippen molar-refractivity contribution in [3.05, 3.63) is 0 Å². The summed E-state index contributed by atoms with van der Waals surface area (Å²) in [5.41, 5.74) is 0. The summed E-state index contributed by atoms with van der Waals surface area (Å²) < 4.78 is 42.7. The third kappa shape index (κ3) is 7.25. The lowest BCUT2D eigenvalue weighted by atomic mass is 9.93. The molecule has 2 aliphatic heterocycles. The van der Waals surface area contributed by atoms with E-state index < -0.39 is 12.7 Å². The molecule has 0 aromatic carbocycles. The molecule has 0 bridgehead atoms. The second-order valence-electron chi connectivity index (χ2n) is 6.64. The molecule has 24 heavy (non-hydrogen) atoms. The van der Waals surface area contributed by atoms with Crippen molar-refractivity contribution in [2.24, 2.45) is 10.9 Å². The number of likely N-dealkylation sites (tertiary alicyclic amines) is 1. The molecule has 0 aromatic heterocycles. The van der Waals surface area contributed by atoms with Gasteiger partial charge in [-0.1, -0.05) is 0 Å². The summed E-state index contributed by atoms with van der Waals surface area (Å²) in [6.07, 6.45) is 1.00. The fourth-order valence-electron chi connectivity index (χ4n) is 3.32. The van der Waals surface area contributed by atoms with Gasteiger partial charge >= 0.3 is 6.18 Å². The van der Waals surface area contributed by atoms with Crippen LogP contribution in [0.25, 0.3) is 0 Å². The molecule has 2 rings (SSSR count). The number of hydrogen-bond acceptors (Lipinski definition) is 3. The molecule has 0 aliphatic carbocycles. The van der Waals surface area contributed by atoms with Gasteiger partial charge in [0.05, 0.1) is 12.6 Å². The maximum Gasteiger partial charge on any atom is 0.401 e. The van der Waals surface area contributed by atoms with E-state index in [0.717, 1.165) is 57.8 Å². The lowest BCUT2D eigenvalue weighted by Crippen LogP contribution is -2.43. The average molecular weight is 350 g/mol. The van der Waals surface area contributed by atoms with Gasteiger partial charge in [-0.25, -0.2) is 0 Å². The van der Waals surface area contributed by atoms with Gasteiger partial charge in [0.2, 0.25) is 0 Å². The van der Waals surface area contributed by atoms with Gasteiger partial charge in [-0.05, 0) is 51.1 Å². The Kier molecular flexibility index (Phi) is 7.61. The van der Waals surface area contributed by atoms with E-state index in [1.165, 1.54) is 4.90 Å². The smallest absolute Gasteiger partial charge is 0.376 e. The lowest BCUT2D eigenvalue weighted by molar-refractivity contribution is -0.148. The highest BCUT2D eigenvalue weighted by molar-refractivity contribution is 5.79. The quantitative estimate of drug-likeness (QED) is 0.568. The maximum absolute atomic E-state index is 12.4. The number of piperidine rings is 1. The first-order valence-corrected chi connectivity index (χ1v) is 8.81. The van der Waals surface area contributed by atoms with Crippen LogP contribution in [0.2, 0.25) is 0 Å². The number of nitrogens with zero attached hydrogens (tertiary/aromatic N) is 2. The molecule has 140 valence electrons. The third-order valence-corrected chi connectivity index (χ3v) is 4.70. The lowest BCUT2D eigenvalue weighted by Gasteiger charge is -2.32. The molecule has 5 nitrogen and oxygen atoms in total. The van der Waals surface area contributed by atoms with Crippen LogP contribution < -0.4 is 10.6 Å². The van der Waals surface area contributed by atoms with Gasteiger partial charge in [0.15, 0.2) is 5.96 Å².